The molecule has 3 rings (SSSR count). The van der Waals surface area contributed by atoms with Gasteiger partial charge in [0.2, 0.25) is 0 Å². The van der Waals surface area contributed by atoms with Crippen molar-refractivity contribution in [1.82, 2.24) is 10.1 Å². The molecular formula is C19H21N2O4P. The highest BCUT2D eigenvalue weighted by molar-refractivity contribution is 7.55. The van der Waals surface area contributed by atoms with E-state index in [9.17, 15) is 19.4 Å². The molecule has 0 fully saturated rings. The van der Waals surface area contributed by atoms with Crippen LogP contribution in [0.2, 0.25) is 0 Å². The quantitative estimate of drug-likeness (QED) is 0.453. The number of fused-ring (bicyclic) bond motifs is 1. The Hall–Kier alpha value is -2.40. The SMILES string of the molecule is O=C(O)C(CCc1c[nH]c2ccccc12)NP(=O)(O)Cc1ccccc1. The molecule has 2 unspecified atom stereocenters. The van der Waals surface area contributed by atoms with Gasteiger partial charge in [0.05, 0.1) is 6.16 Å². The van der Waals surface area contributed by atoms with Crippen molar-refractivity contribution < 1.29 is 19.4 Å². The average molecular weight is 372 g/mol. The first kappa shape index (κ1) is 18.4. The van der Waals surface area contributed by atoms with E-state index in [-0.39, 0.29) is 12.6 Å². The first-order valence-electron chi connectivity index (χ1n) is 8.36. The fourth-order valence-corrected chi connectivity index (χ4v) is 4.53. The highest BCUT2D eigenvalue weighted by atomic mass is 31.2. The van der Waals surface area contributed by atoms with Gasteiger partial charge in [-0.3, -0.25) is 9.36 Å². The molecule has 2 atom stereocenters. The number of aromatic nitrogens is 1. The molecule has 7 heteroatoms. The number of hydrogen-bond donors (Lipinski definition) is 4. The molecule has 0 aliphatic carbocycles. The lowest BCUT2D eigenvalue weighted by Gasteiger charge is -2.19. The third-order valence-electron chi connectivity index (χ3n) is 4.27. The molecule has 6 nitrogen and oxygen atoms in total. The highest BCUT2D eigenvalue weighted by Crippen LogP contribution is 2.40. The van der Waals surface area contributed by atoms with Crippen molar-refractivity contribution in [3.05, 3.63) is 71.9 Å². The minimum atomic E-state index is -3.82. The standard InChI is InChI=1S/C19H21N2O4P/c22-19(23)18(21-26(24,25)13-14-6-2-1-3-7-14)11-10-15-12-20-17-9-5-4-8-16(15)17/h1-9,12,18,20H,10-11,13H2,(H,22,23)(H2,21,24,25). The van der Waals surface area contributed by atoms with Crippen molar-refractivity contribution in [2.45, 2.75) is 25.0 Å². The van der Waals surface area contributed by atoms with Gasteiger partial charge in [0.1, 0.15) is 6.04 Å². The van der Waals surface area contributed by atoms with E-state index in [1.54, 1.807) is 24.3 Å². The molecule has 0 saturated heterocycles. The first-order valence-corrected chi connectivity index (χ1v) is 10.2. The van der Waals surface area contributed by atoms with E-state index < -0.39 is 19.5 Å². The molecule has 3 aromatic rings. The second kappa shape index (κ2) is 7.87. The molecular weight excluding hydrogens is 351 g/mol. The third kappa shape index (κ3) is 4.61. The van der Waals surface area contributed by atoms with E-state index in [2.05, 4.69) is 10.1 Å². The number of carboxylic acid groups (broad SMARTS) is 1. The Balaban J connectivity index is 1.67. The highest BCUT2D eigenvalue weighted by Gasteiger charge is 2.28. The normalized spacial score (nSPS) is 14.8. The van der Waals surface area contributed by atoms with Crippen LogP contribution in [0.4, 0.5) is 0 Å². The van der Waals surface area contributed by atoms with Gasteiger partial charge < -0.3 is 15.0 Å². The monoisotopic (exact) mass is 372 g/mol. The number of hydrogen-bond acceptors (Lipinski definition) is 2. The molecule has 4 N–H and O–H groups in total. The summed E-state index contributed by atoms with van der Waals surface area (Å²) in [5.41, 5.74) is 2.66. The van der Waals surface area contributed by atoms with Gasteiger partial charge in [0, 0.05) is 17.1 Å². The maximum absolute atomic E-state index is 12.4. The molecule has 136 valence electrons. The Morgan fingerprint density at radius 2 is 1.81 bits per heavy atom. The molecule has 1 heterocycles. The summed E-state index contributed by atoms with van der Waals surface area (Å²) in [4.78, 5) is 24.9. The second-order valence-electron chi connectivity index (χ2n) is 6.26. The van der Waals surface area contributed by atoms with Crippen LogP contribution in [0.5, 0.6) is 0 Å². The van der Waals surface area contributed by atoms with Crippen LogP contribution in [0.25, 0.3) is 10.9 Å². The minimum absolute atomic E-state index is 0.106. The van der Waals surface area contributed by atoms with Crippen LogP contribution in [-0.2, 0) is 21.9 Å². The lowest BCUT2D eigenvalue weighted by molar-refractivity contribution is -0.139. The topological polar surface area (TPSA) is 102 Å². The van der Waals surface area contributed by atoms with Gasteiger partial charge in [-0.25, -0.2) is 5.09 Å². The molecule has 0 amide bonds. The van der Waals surface area contributed by atoms with Crippen molar-refractivity contribution in [2.75, 3.05) is 0 Å². The molecule has 0 bridgehead atoms. The smallest absolute Gasteiger partial charge is 0.321 e. The van der Waals surface area contributed by atoms with E-state index in [0.717, 1.165) is 16.5 Å². The molecule has 1 aromatic heterocycles. The van der Waals surface area contributed by atoms with Crippen LogP contribution < -0.4 is 5.09 Å². The summed E-state index contributed by atoms with van der Waals surface area (Å²) < 4.78 is 12.4. The average Bonchev–Trinajstić information content (AvgIpc) is 3.02. The molecule has 0 saturated carbocycles. The number of benzene rings is 2. The number of nitrogens with one attached hydrogen (secondary N) is 2. The lowest BCUT2D eigenvalue weighted by Crippen LogP contribution is -2.35. The molecule has 2 aromatic carbocycles. The van der Waals surface area contributed by atoms with E-state index in [1.807, 2.05) is 36.5 Å². The van der Waals surface area contributed by atoms with Gasteiger partial charge in [0.15, 0.2) is 0 Å². The summed E-state index contributed by atoms with van der Waals surface area (Å²) in [6.45, 7) is 0. The summed E-state index contributed by atoms with van der Waals surface area (Å²) in [6.07, 6.45) is 2.45. The Bertz CT molecular complexity index is 939. The van der Waals surface area contributed by atoms with Crippen LogP contribution in [0.3, 0.4) is 0 Å². The second-order valence-corrected chi connectivity index (χ2v) is 8.24. The zero-order chi connectivity index (χ0) is 18.6. The number of carbonyl (C=O) groups is 1. The fourth-order valence-electron chi connectivity index (χ4n) is 3.00. The lowest BCUT2D eigenvalue weighted by atomic mass is 10.1. The number of para-hydroxylation sites is 1. The Morgan fingerprint density at radius 3 is 2.54 bits per heavy atom. The molecule has 0 aliphatic heterocycles. The molecule has 0 spiro atoms. The van der Waals surface area contributed by atoms with Gasteiger partial charge in [-0.15, -0.1) is 0 Å². The van der Waals surface area contributed by atoms with Gasteiger partial charge >= 0.3 is 5.97 Å². The predicted molar refractivity (Wildman–Crippen MR) is 101 cm³/mol. The van der Waals surface area contributed by atoms with E-state index in [0.29, 0.717) is 12.0 Å². The van der Waals surface area contributed by atoms with Crippen molar-refractivity contribution in [3.63, 3.8) is 0 Å². The molecule has 0 aliphatic rings. The summed E-state index contributed by atoms with van der Waals surface area (Å²) in [5, 5.41) is 12.9. The van der Waals surface area contributed by atoms with Gasteiger partial charge in [-0.05, 0) is 30.0 Å². The van der Waals surface area contributed by atoms with Crippen molar-refractivity contribution in [3.8, 4) is 0 Å². The van der Waals surface area contributed by atoms with Crippen LogP contribution in [-0.4, -0.2) is 27.0 Å². The Kier molecular flexibility index (Phi) is 5.57. The molecule has 26 heavy (non-hydrogen) atoms. The summed E-state index contributed by atoms with van der Waals surface area (Å²) >= 11 is 0. The van der Waals surface area contributed by atoms with Crippen LogP contribution in [0.1, 0.15) is 17.5 Å². The van der Waals surface area contributed by atoms with Crippen molar-refractivity contribution in [1.29, 1.82) is 0 Å². The maximum atomic E-state index is 12.4. The van der Waals surface area contributed by atoms with Crippen LogP contribution in [0, 0.1) is 0 Å². The number of H-pyrrole nitrogens is 1. The summed E-state index contributed by atoms with van der Waals surface area (Å²) in [5.74, 6) is -1.13. The number of aliphatic carboxylic acids is 1. The van der Waals surface area contributed by atoms with Gasteiger partial charge in [0.25, 0.3) is 7.52 Å². The number of rotatable bonds is 8. The first-order chi connectivity index (χ1) is 12.4. The fraction of sp³-hybridized carbons (Fsp3) is 0.211. The number of aryl methyl sites for hydroxylation is 1. The van der Waals surface area contributed by atoms with E-state index in [1.165, 1.54) is 0 Å². The van der Waals surface area contributed by atoms with Gasteiger partial charge in [-0.1, -0.05) is 48.5 Å². The predicted octanol–water partition coefficient (Wildman–Crippen LogP) is 3.53. The summed E-state index contributed by atoms with van der Waals surface area (Å²) in [6, 6.07) is 15.5. The van der Waals surface area contributed by atoms with Gasteiger partial charge in [-0.2, -0.15) is 0 Å². The Morgan fingerprint density at radius 1 is 1.12 bits per heavy atom. The van der Waals surface area contributed by atoms with E-state index >= 15 is 0 Å². The maximum Gasteiger partial charge on any atom is 0.321 e. The minimum Gasteiger partial charge on any atom is -0.480 e. The summed E-state index contributed by atoms with van der Waals surface area (Å²) in [7, 11) is -3.82. The number of carboxylic acids is 1. The third-order valence-corrected chi connectivity index (χ3v) is 5.78. The van der Waals surface area contributed by atoms with Crippen LogP contribution >= 0.6 is 7.52 Å². The molecule has 0 radical (unpaired) electrons. The van der Waals surface area contributed by atoms with Crippen LogP contribution in [0.15, 0.2) is 60.8 Å². The van der Waals surface area contributed by atoms with E-state index in [4.69, 9.17) is 0 Å². The van der Waals surface area contributed by atoms with Crippen molar-refractivity contribution in [2.24, 2.45) is 0 Å². The van der Waals surface area contributed by atoms with Crippen molar-refractivity contribution >= 4 is 24.4 Å². The number of aromatic amines is 1. The zero-order valence-corrected chi connectivity index (χ0v) is 15.0. The largest absolute Gasteiger partial charge is 0.480 e. The zero-order valence-electron chi connectivity index (χ0n) is 14.1. The Labute approximate surface area is 151 Å².